The van der Waals surface area contributed by atoms with Gasteiger partial charge in [-0.25, -0.2) is 0 Å². The van der Waals surface area contributed by atoms with Crippen molar-refractivity contribution in [1.82, 2.24) is 9.55 Å². The molecule has 80 valence electrons. The van der Waals surface area contributed by atoms with Crippen LogP contribution in [0.3, 0.4) is 0 Å². The molecule has 1 N–H and O–H groups in total. The monoisotopic (exact) mass is 226 g/mol. The van der Waals surface area contributed by atoms with Gasteiger partial charge in [0.25, 0.3) is 10.8 Å². The molecule has 2 rings (SSSR count). The first-order valence-electron chi connectivity index (χ1n) is 4.45. The Balaban J connectivity index is 2.74. The third kappa shape index (κ3) is 1.56. The normalized spacial score (nSPS) is 10.8. The van der Waals surface area contributed by atoms with Gasteiger partial charge in [0.1, 0.15) is 10.4 Å². The van der Waals surface area contributed by atoms with Gasteiger partial charge in [-0.05, 0) is 6.92 Å². The van der Waals surface area contributed by atoms with Crippen molar-refractivity contribution >= 4 is 21.7 Å². The summed E-state index contributed by atoms with van der Waals surface area (Å²) in [4.78, 5) is 15.5. The fraction of sp³-hybridized carbons (Fsp3) is 0.333. The fourth-order valence-corrected chi connectivity index (χ4v) is 2.18. The second kappa shape index (κ2) is 3.54. The first-order valence-corrected chi connectivity index (χ1v) is 5.27. The number of rotatable bonds is 2. The molecule has 0 radical (unpaired) electrons. The number of fused-ring (bicyclic) bond motifs is 1. The van der Waals surface area contributed by atoms with Crippen LogP contribution in [0, 0.1) is 0 Å². The third-order valence-corrected chi connectivity index (χ3v) is 2.98. The second-order valence-corrected chi connectivity index (χ2v) is 3.95. The Bertz CT molecular complexity index is 558. The molecule has 5 nitrogen and oxygen atoms in total. The molecular formula is C9H10N2O3S. The lowest BCUT2D eigenvalue weighted by Crippen LogP contribution is -2.15. The van der Waals surface area contributed by atoms with Crippen molar-refractivity contribution in [3.63, 3.8) is 0 Å². The maximum absolute atomic E-state index is 11.3. The summed E-state index contributed by atoms with van der Waals surface area (Å²) in [7, 11) is 1.61. The van der Waals surface area contributed by atoms with Gasteiger partial charge in [0.2, 0.25) is 0 Å². The van der Waals surface area contributed by atoms with Crippen LogP contribution in [0.1, 0.15) is 6.92 Å². The van der Waals surface area contributed by atoms with Crippen molar-refractivity contribution in [2.75, 3.05) is 6.61 Å². The standard InChI is InChI=1S/C9H10N2O3S/c1-3-14-9-10-8-7(15-9)5(12)4-6(13)11(8)2/h4,12H,3H2,1-2H3. The van der Waals surface area contributed by atoms with Gasteiger partial charge in [0, 0.05) is 13.1 Å². The third-order valence-electron chi connectivity index (χ3n) is 2.00. The number of nitrogens with zero attached hydrogens (tertiary/aromatic N) is 2. The van der Waals surface area contributed by atoms with Crippen molar-refractivity contribution in [1.29, 1.82) is 0 Å². The van der Waals surface area contributed by atoms with Crippen molar-refractivity contribution in [2.45, 2.75) is 6.92 Å². The minimum atomic E-state index is -0.284. The molecule has 15 heavy (non-hydrogen) atoms. The number of aryl methyl sites for hydroxylation is 1. The van der Waals surface area contributed by atoms with Gasteiger partial charge in [0.05, 0.1) is 6.61 Å². The van der Waals surface area contributed by atoms with Crippen LogP contribution in [-0.4, -0.2) is 21.3 Å². The molecule has 0 saturated carbocycles. The highest BCUT2D eigenvalue weighted by molar-refractivity contribution is 7.20. The van der Waals surface area contributed by atoms with E-state index in [0.29, 0.717) is 22.1 Å². The largest absolute Gasteiger partial charge is 0.506 e. The molecule has 0 saturated heterocycles. The summed E-state index contributed by atoms with van der Waals surface area (Å²) in [6, 6.07) is 1.18. The van der Waals surface area contributed by atoms with Crippen molar-refractivity contribution in [2.24, 2.45) is 7.05 Å². The highest BCUT2D eigenvalue weighted by Gasteiger charge is 2.12. The highest BCUT2D eigenvalue weighted by atomic mass is 32.1. The molecule has 2 aromatic rings. The van der Waals surface area contributed by atoms with Gasteiger partial charge in [-0.3, -0.25) is 9.36 Å². The first-order chi connectivity index (χ1) is 7.13. The van der Waals surface area contributed by atoms with Crippen molar-refractivity contribution in [3.05, 3.63) is 16.4 Å². The maximum atomic E-state index is 11.3. The Kier molecular flexibility index (Phi) is 2.36. The predicted molar refractivity (Wildman–Crippen MR) is 57.7 cm³/mol. The van der Waals surface area contributed by atoms with Crippen LogP contribution < -0.4 is 10.3 Å². The highest BCUT2D eigenvalue weighted by Crippen LogP contribution is 2.32. The molecular weight excluding hydrogens is 216 g/mol. The van der Waals surface area contributed by atoms with E-state index in [0.717, 1.165) is 0 Å². The molecule has 0 fully saturated rings. The zero-order valence-corrected chi connectivity index (χ0v) is 9.17. The van der Waals surface area contributed by atoms with E-state index in [4.69, 9.17) is 4.74 Å². The molecule has 0 bridgehead atoms. The second-order valence-electron chi connectivity index (χ2n) is 2.99. The number of pyridine rings is 1. The Morgan fingerprint density at radius 1 is 1.67 bits per heavy atom. The lowest BCUT2D eigenvalue weighted by atomic mass is 10.4. The topological polar surface area (TPSA) is 64.3 Å². The van der Waals surface area contributed by atoms with E-state index in [9.17, 15) is 9.90 Å². The van der Waals surface area contributed by atoms with Crippen LogP contribution in [0.2, 0.25) is 0 Å². The molecule has 0 atom stereocenters. The summed E-state index contributed by atoms with van der Waals surface area (Å²) in [5, 5.41) is 10.0. The minimum Gasteiger partial charge on any atom is -0.506 e. The molecule has 0 aliphatic heterocycles. The zero-order chi connectivity index (χ0) is 11.0. The number of thiazole rings is 1. The predicted octanol–water partition coefficient (Wildman–Crippen LogP) is 1.10. The minimum absolute atomic E-state index is 0.0449. The van der Waals surface area contributed by atoms with Crippen LogP contribution in [0.4, 0.5) is 0 Å². The maximum Gasteiger partial charge on any atom is 0.275 e. The van der Waals surface area contributed by atoms with E-state index in [-0.39, 0.29) is 11.3 Å². The summed E-state index contributed by atoms with van der Waals surface area (Å²) < 4.78 is 7.17. The van der Waals surface area contributed by atoms with Gasteiger partial charge >= 0.3 is 0 Å². The summed E-state index contributed by atoms with van der Waals surface area (Å²) >= 11 is 1.23. The lowest BCUT2D eigenvalue weighted by molar-refractivity contribution is 0.339. The van der Waals surface area contributed by atoms with Crippen LogP contribution in [0.15, 0.2) is 10.9 Å². The summed E-state index contributed by atoms with van der Waals surface area (Å²) in [6.45, 7) is 2.36. The molecule has 6 heteroatoms. The van der Waals surface area contributed by atoms with Crippen molar-refractivity contribution in [3.8, 4) is 10.9 Å². The average molecular weight is 226 g/mol. The smallest absolute Gasteiger partial charge is 0.275 e. The quantitative estimate of drug-likeness (QED) is 0.832. The Morgan fingerprint density at radius 3 is 3.07 bits per heavy atom. The molecule has 0 aliphatic carbocycles. The molecule has 2 heterocycles. The van der Waals surface area contributed by atoms with E-state index in [2.05, 4.69) is 4.98 Å². The summed E-state index contributed by atoms with van der Waals surface area (Å²) in [6.07, 6.45) is 0. The van der Waals surface area contributed by atoms with Gasteiger partial charge in [-0.1, -0.05) is 11.3 Å². The molecule has 0 unspecified atom stereocenters. The molecule has 0 aliphatic rings. The van der Waals surface area contributed by atoms with Gasteiger partial charge < -0.3 is 9.84 Å². The average Bonchev–Trinajstić information content (AvgIpc) is 2.60. The van der Waals surface area contributed by atoms with E-state index < -0.39 is 0 Å². The van der Waals surface area contributed by atoms with Crippen LogP contribution in [-0.2, 0) is 7.05 Å². The van der Waals surface area contributed by atoms with Gasteiger partial charge in [0.15, 0.2) is 5.65 Å². The number of ether oxygens (including phenoxy) is 1. The molecule has 0 aromatic carbocycles. The number of aromatic nitrogens is 2. The van der Waals surface area contributed by atoms with Gasteiger partial charge in [-0.15, -0.1) is 0 Å². The number of hydrogen-bond donors (Lipinski definition) is 1. The van der Waals surface area contributed by atoms with Crippen LogP contribution >= 0.6 is 11.3 Å². The Labute approximate surface area is 89.6 Å². The first kappa shape index (κ1) is 9.97. The molecule has 0 amide bonds. The summed E-state index contributed by atoms with van der Waals surface area (Å²) in [5.41, 5.74) is 0.168. The molecule has 0 spiro atoms. The Hall–Kier alpha value is -1.56. The van der Waals surface area contributed by atoms with E-state index in [1.807, 2.05) is 6.92 Å². The fourth-order valence-electron chi connectivity index (χ4n) is 1.26. The van der Waals surface area contributed by atoms with Gasteiger partial charge in [-0.2, -0.15) is 4.98 Å². The van der Waals surface area contributed by atoms with E-state index in [1.165, 1.54) is 22.0 Å². The van der Waals surface area contributed by atoms with Crippen molar-refractivity contribution < 1.29 is 9.84 Å². The molecule has 2 aromatic heterocycles. The van der Waals surface area contributed by atoms with E-state index >= 15 is 0 Å². The lowest BCUT2D eigenvalue weighted by Gasteiger charge is -1.98. The number of hydrogen-bond acceptors (Lipinski definition) is 5. The zero-order valence-electron chi connectivity index (χ0n) is 8.35. The van der Waals surface area contributed by atoms with Crippen LogP contribution in [0.25, 0.3) is 10.3 Å². The Morgan fingerprint density at radius 2 is 2.40 bits per heavy atom. The SMILES string of the molecule is CCOc1nc2c(s1)c(O)cc(=O)n2C. The summed E-state index contributed by atoms with van der Waals surface area (Å²) in [5.74, 6) is -0.0449. The number of aromatic hydroxyl groups is 1. The van der Waals surface area contributed by atoms with Crippen LogP contribution in [0.5, 0.6) is 10.9 Å². The van der Waals surface area contributed by atoms with E-state index in [1.54, 1.807) is 7.05 Å².